The van der Waals surface area contributed by atoms with Crippen molar-refractivity contribution in [1.82, 2.24) is 5.32 Å². The van der Waals surface area contributed by atoms with Crippen molar-refractivity contribution in [2.24, 2.45) is 0 Å². The van der Waals surface area contributed by atoms with Gasteiger partial charge in [-0.15, -0.1) is 0 Å². The summed E-state index contributed by atoms with van der Waals surface area (Å²) in [6.45, 7) is 5.19. The average molecular weight is 301 g/mol. The number of nitrogens with one attached hydrogen (secondary N) is 1. The van der Waals surface area contributed by atoms with Crippen LogP contribution in [0, 0.1) is 0 Å². The van der Waals surface area contributed by atoms with Crippen molar-refractivity contribution in [3.05, 3.63) is 24.3 Å². The van der Waals surface area contributed by atoms with Gasteiger partial charge in [-0.25, -0.2) is 8.42 Å². The number of aliphatic hydroxyl groups excluding tert-OH is 1. The summed E-state index contributed by atoms with van der Waals surface area (Å²) >= 11 is 0. The van der Waals surface area contributed by atoms with Crippen molar-refractivity contribution in [2.45, 2.75) is 30.7 Å². The summed E-state index contributed by atoms with van der Waals surface area (Å²) in [6, 6.07) is 6.33. The molecule has 0 fully saturated rings. The minimum absolute atomic E-state index is 0.0389. The Kier molecular flexibility index (Phi) is 5.98. The molecule has 1 unspecified atom stereocenters. The maximum absolute atomic E-state index is 11.3. The van der Waals surface area contributed by atoms with Crippen LogP contribution < -0.4 is 10.1 Å². The van der Waals surface area contributed by atoms with E-state index >= 15 is 0 Å². The summed E-state index contributed by atoms with van der Waals surface area (Å²) in [4.78, 5) is 0.276. The van der Waals surface area contributed by atoms with Gasteiger partial charge in [-0.3, -0.25) is 0 Å². The number of ether oxygens (including phenoxy) is 1. The minimum atomic E-state index is -3.17. The molecule has 0 saturated heterocycles. The first-order valence-electron chi connectivity index (χ1n) is 6.59. The monoisotopic (exact) mass is 301 g/mol. The SMILES string of the molecule is CCNC(C)(CO)CCOc1ccc(S(C)(=O)=O)cc1. The molecule has 1 aromatic carbocycles. The van der Waals surface area contributed by atoms with E-state index in [2.05, 4.69) is 5.32 Å². The molecule has 0 aromatic heterocycles. The third kappa shape index (κ3) is 5.11. The van der Waals surface area contributed by atoms with Crippen LogP contribution in [0.15, 0.2) is 29.2 Å². The molecule has 1 atom stereocenters. The van der Waals surface area contributed by atoms with E-state index in [1.807, 2.05) is 13.8 Å². The lowest BCUT2D eigenvalue weighted by Gasteiger charge is -2.28. The molecule has 20 heavy (non-hydrogen) atoms. The van der Waals surface area contributed by atoms with Gasteiger partial charge in [0.15, 0.2) is 9.84 Å². The van der Waals surface area contributed by atoms with Gasteiger partial charge in [-0.05, 0) is 37.7 Å². The predicted molar refractivity (Wildman–Crippen MR) is 78.8 cm³/mol. The van der Waals surface area contributed by atoms with Crippen molar-refractivity contribution < 1.29 is 18.3 Å². The summed E-state index contributed by atoms with van der Waals surface area (Å²) in [5.74, 6) is 0.620. The normalized spacial score (nSPS) is 14.8. The molecular weight excluding hydrogens is 278 g/mol. The first kappa shape index (κ1) is 16.9. The smallest absolute Gasteiger partial charge is 0.175 e. The largest absolute Gasteiger partial charge is 0.494 e. The van der Waals surface area contributed by atoms with Crippen LogP contribution in [-0.4, -0.2) is 45.1 Å². The Labute approximate surface area is 120 Å². The highest BCUT2D eigenvalue weighted by molar-refractivity contribution is 7.90. The molecule has 0 aliphatic carbocycles. The lowest BCUT2D eigenvalue weighted by Crippen LogP contribution is -2.46. The van der Waals surface area contributed by atoms with Crippen molar-refractivity contribution in [2.75, 3.05) is 26.0 Å². The zero-order valence-electron chi connectivity index (χ0n) is 12.2. The molecule has 0 saturated carbocycles. The maximum Gasteiger partial charge on any atom is 0.175 e. The van der Waals surface area contributed by atoms with Gasteiger partial charge >= 0.3 is 0 Å². The third-order valence-electron chi connectivity index (χ3n) is 3.13. The highest BCUT2D eigenvalue weighted by Gasteiger charge is 2.21. The van der Waals surface area contributed by atoms with E-state index in [0.717, 1.165) is 6.54 Å². The molecule has 6 heteroatoms. The van der Waals surface area contributed by atoms with Gasteiger partial charge in [0.05, 0.1) is 18.1 Å². The zero-order valence-corrected chi connectivity index (χ0v) is 13.0. The number of hydrogen-bond donors (Lipinski definition) is 2. The van der Waals surface area contributed by atoms with Crippen LogP contribution in [0.3, 0.4) is 0 Å². The minimum Gasteiger partial charge on any atom is -0.494 e. The Morgan fingerprint density at radius 1 is 1.30 bits per heavy atom. The van der Waals surface area contributed by atoms with Crippen LogP contribution in [0.5, 0.6) is 5.75 Å². The van der Waals surface area contributed by atoms with Crippen molar-refractivity contribution >= 4 is 9.84 Å². The highest BCUT2D eigenvalue weighted by Crippen LogP contribution is 2.17. The number of benzene rings is 1. The Morgan fingerprint density at radius 3 is 2.35 bits per heavy atom. The van der Waals surface area contributed by atoms with Crippen LogP contribution in [0.25, 0.3) is 0 Å². The van der Waals surface area contributed by atoms with Gasteiger partial charge in [0.2, 0.25) is 0 Å². The Bertz CT molecular complexity index is 512. The van der Waals surface area contributed by atoms with Crippen molar-refractivity contribution in [3.8, 4) is 5.75 Å². The first-order valence-corrected chi connectivity index (χ1v) is 8.49. The summed E-state index contributed by atoms with van der Waals surface area (Å²) in [5, 5.41) is 12.6. The number of hydrogen-bond acceptors (Lipinski definition) is 5. The second-order valence-electron chi connectivity index (χ2n) is 5.09. The first-order chi connectivity index (χ1) is 9.30. The number of likely N-dealkylation sites (N-methyl/N-ethyl adjacent to an activating group) is 1. The van der Waals surface area contributed by atoms with E-state index in [9.17, 15) is 13.5 Å². The van der Waals surface area contributed by atoms with Crippen molar-refractivity contribution in [3.63, 3.8) is 0 Å². The van der Waals surface area contributed by atoms with Crippen LogP contribution >= 0.6 is 0 Å². The van der Waals surface area contributed by atoms with Gasteiger partial charge in [-0.2, -0.15) is 0 Å². The topological polar surface area (TPSA) is 75.6 Å². The van der Waals surface area contributed by atoms with E-state index in [0.29, 0.717) is 18.8 Å². The molecule has 0 radical (unpaired) electrons. The summed E-state index contributed by atoms with van der Waals surface area (Å²) < 4.78 is 28.2. The molecule has 0 spiro atoms. The lowest BCUT2D eigenvalue weighted by molar-refractivity contribution is 0.146. The lowest BCUT2D eigenvalue weighted by atomic mass is 10.00. The van der Waals surface area contributed by atoms with Crippen molar-refractivity contribution in [1.29, 1.82) is 0 Å². The number of sulfone groups is 1. The third-order valence-corrected chi connectivity index (χ3v) is 4.26. The van der Waals surface area contributed by atoms with E-state index < -0.39 is 9.84 Å². The molecule has 0 bridgehead atoms. The molecule has 114 valence electrons. The predicted octanol–water partition coefficient (Wildman–Crippen LogP) is 1.22. The van der Waals surface area contributed by atoms with E-state index in [1.54, 1.807) is 12.1 Å². The maximum atomic E-state index is 11.3. The number of aliphatic hydroxyl groups is 1. The van der Waals surface area contributed by atoms with E-state index in [-0.39, 0.29) is 17.0 Å². The zero-order chi connectivity index (χ0) is 15.2. The van der Waals surface area contributed by atoms with Gasteiger partial charge in [0, 0.05) is 18.2 Å². The molecule has 0 aliphatic rings. The second-order valence-corrected chi connectivity index (χ2v) is 7.11. The summed E-state index contributed by atoms with van der Waals surface area (Å²) in [6.07, 6.45) is 1.83. The van der Waals surface area contributed by atoms with Crippen LogP contribution in [0.4, 0.5) is 0 Å². The highest BCUT2D eigenvalue weighted by atomic mass is 32.2. The molecule has 5 nitrogen and oxygen atoms in total. The van der Waals surface area contributed by atoms with Gasteiger partial charge in [0.25, 0.3) is 0 Å². The quantitative estimate of drug-likeness (QED) is 0.755. The fourth-order valence-electron chi connectivity index (χ4n) is 1.83. The van der Waals surface area contributed by atoms with Gasteiger partial charge in [0.1, 0.15) is 5.75 Å². The van der Waals surface area contributed by atoms with Crippen LogP contribution in [0.1, 0.15) is 20.3 Å². The molecule has 1 aromatic rings. The fraction of sp³-hybridized carbons (Fsp3) is 0.571. The molecule has 0 heterocycles. The molecule has 1 rings (SSSR count). The van der Waals surface area contributed by atoms with Gasteiger partial charge in [-0.1, -0.05) is 6.92 Å². The summed E-state index contributed by atoms with van der Waals surface area (Å²) in [7, 11) is -3.17. The molecular formula is C14H23NO4S. The Hall–Kier alpha value is -1.11. The second kappa shape index (κ2) is 7.06. The standard InChI is InChI=1S/C14H23NO4S/c1-4-15-14(2,11-16)9-10-19-12-5-7-13(8-6-12)20(3,17)18/h5-8,15-16H,4,9-11H2,1-3H3. The number of rotatable bonds is 8. The van der Waals surface area contributed by atoms with Crippen LogP contribution in [-0.2, 0) is 9.84 Å². The van der Waals surface area contributed by atoms with E-state index in [1.165, 1.54) is 18.4 Å². The molecule has 0 amide bonds. The van der Waals surface area contributed by atoms with Gasteiger partial charge < -0.3 is 15.2 Å². The fourth-order valence-corrected chi connectivity index (χ4v) is 2.46. The molecule has 2 N–H and O–H groups in total. The Morgan fingerprint density at radius 2 is 1.90 bits per heavy atom. The Balaban J connectivity index is 2.54. The summed E-state index contributed by atoms with van der Waals surface area (Å²) in [5.41, 5.74) is -0.360. The molecule has 0 aliphatic heterocycles. The van der Waals surface area contributed by atoms with E-state index in [4.69, 9.17) is 4.74 Å². The van der Waals surface area contributed by atoms with Crippen LogP contribution in [0.2, 0.25) is 0 Å². The average Bonchev–Trinajstić information content (AvgIpc) is 2.38.